The zero-order valence-electron chi connectivity index (χ0n) is 17.8. The first kappa shape index (κ1) is 22.0. The van der Waals surface area contributed by atoms with Gasteiger partial charge in [0.15, 0.2) is 0 Å². The molecule has 0 saturated heterocycles. The van der Waals surface area contributed by atoms with Gasteiger partial charge in [0.2, 0.25) is 0 Å². The van der Waals surface area contributed by atoms with Gasteiger partial charge >= 0.3 is 12.0 Å². The van der Waals surface area contributed by atoms with Crippen LogP contribution in [0.3, 0.4) is 0 Å². The Morgan fingerprint density at radius 2 is 1.80 bits per heavy atom. The molecule has 1 saturated carbocycles. The van der Waals surface area contributed by atoms with Gasteiger partial charge in [-0.1, -0.05) is 31.7 Å². The van der Waals surface area contributed by atoms with Crippen molar-refractivity contribution in [3.63, 3.8) is 0 Å². The molecule has 1 spiro atoms. The molecule has 1 aliphatic heterocycles. The molecule has 0 radical (unpaired) electrons. The van der Waals surface area contributed by atoms with Gasteiger partial charge in [0.1, 0.15) is 5.82 Å². The van der Waals surface area contributed by atoms with Crippen molar-refractivity contribution in [1.29, 1.82) is 0 Å². The van der Waals surface area contributed by atoms with E-state index in [1.807, 2.05) is 0 Å². The molecule has 1 fully saturated rings. The number of carboxylic acid groups (broad SMARTS) is 1. The standard InChI is InChI=1S/C18H26N2O2.C5H6N2O/c21-16(22)8-6-4-2-1-3-5-7-15-10-9-14-13-18(11-12-18)20-17(14)19-15;1-8-5-6-3-2-4-7-5/h9-10H,1-8,11-13H2,(H,19,20)(H,21,22);2-4H,1H3. The van der Waals surface area contributed by atoms with Crippen LogP contribution in [0.2, 0.25) is 0 Å². The highest BCUT2D eigenvalue weighted by molar-refractivity contribution is 5.66. The van der Waals surface area contributed by atoms with E-state index in [1.54, 1.807) is 18.5 Å². The average Bonchev–Trinajstić information content (AvgIpc) is 3.40. The zero-order valence-corrected chi connectivity index (χ0v) is 17.8. The second-order valence-electron chi connectivity index (χ2n) is 8.14. The summed E-state index contributed by atoms with van der Waals surface area (Å²) in [5, 5.41) is 12.2. The Balaban J connectivity index is 0.000000269. The molecular formula is C23H32N4O3. The summed E-state index contributed by atoms with van der Waals surface area (Å²) >= 11 is 0. The summed E-state index contributed by atoms with van der Waals surface area (Å²) in [5.41, 5.74) is 2.97. The van der Waals surface area contributed by atoms with Crippen molar-refractivity contribution >= 4 is 11.8 Å². The van der Waals surface area contributed by atoms with E-state index in [0.717, 1.165) is 37.9 Å². The number of fused-ring (bicyclic) bond motifs is 1. The van der Waals surface area contributed by atoms with E-state index in [-0.39, 0.29) is 0 Å². The number of pyridine rings is 1. The number of carbonyl (C=O) groups is 1. The third-order valence-electron chi connectivity index (χ3n) is 5.60. The van der Waals surface area contributed by atoms with Gasteiger partial charge in [0.05, 0.1) is 7.11 Å². The number of hydrogen-bond acceptors (Lipinski definition) is 6. The fourth-order valence-electron chi connectivity index (χ4n) is 3.71. The van der Waals surface area contributed by atoms with Gasteiger partial charge in [0, 0.05) is 30.0 Å². The molecule has 0 aromatic carbocycles. The Morgan fingerprint density at radius 3 is 2.43 bits per heavy atom. The molecule has 1 aliphatic carbocycles. The number of nitrogens with zero attached hydrogens (tertiary/aromatic N) is 3. The Hall–Kier alpha value is -2.70. The van der Waals surface area contributed by atoms with Crippen LogP contribution in [0.4, 0.5) is 5.82 Å². The minimum atomic E-state index is -0.677. The normalized spacial score (nSPS) is 15.0. The van der Waals surface area contributed by atoms with Crippen LogP contribution in [-0.4, -0.2) is 38.7 Å². The van der Waals surface area contributed by atoms with Crippen molar-refractivity contribution in [2.24, 2.45) is 0 Å². The first-order valence-electron chi connectivity index (χ1n) is 10.9. The first-order valence-corrected chi connectivity index (χ1v) is 10.9. The smallest absolute Gasteiger partial charge is 0.315 e. The van der Waals surface area contributed by atoms with Crippen LogP contribution in [0.5, 0.6) is 6.01 Å². The Morgan fingerprint density at radius 1 is 1.10 bits per heavy atom. The predicted octanol–water partition coefficient (Wildman–Crippen LogP) is 4.43. The largest absolute Gasteiger partial charge is 0.481 e. The molecule has 2 aromatic rings. The summed E-state index contributed by atoms with van der Waals surface area (Å²) in [6, 6.07) is 6.59. The van der Waals surface area contributed by atoms with Crippen LogP contribution in [0.15, 0.2) is 30.6 Å². The van der Waals surface area contributed by atoms with E-state index in [1.165, 1.54) is 50.5 Å². The Labute approximate surface area is 178 Å². The summed E-state index contributed by atoms with van der Waals surface area (Å²) in [6.45, 7) is 0. The lowest BCUT2D eigenvalue weighted by Crippen LogP contribution is -2.16. The first-order chi connectivity index (χ1) is 14.6. The van der Waals surface area contributed by atoms with E-state index in [4.69, 9.17) is 14.8 Å². The highest BCUT2D eigenvalue weighted by Crippen LogP contribution is 2.47. The third kappa shape index (κ3) is 6.97. The molecule has 0 amide bonds. The molecule has 0 atom stereocenters. The number of nitrogens with one attached hydrogen (secondary N) is 1. The lowest BCUT2D eigenvalue weighted by molar-refractivity contribution is -0.137. The molecular weight excluding hydrogens is 380 g/mol. The number of aryl methyl sites for hydroxylation is 1. The van der Waals surface area contributed by atoms with Gasteiger partial charge in [-0.05, 0) is 56.2 Å². The van der Waals surface area contributed by atoms with Gasteiger partial charge in [0.25, 0.3) is 0 Å². The topological polar surface area (TPSA) is 97.2 Å². The molecule has 162 valence electrons. The molecule has 7 nitrogen and oxygen atoms in total. The van der Waals surface area contributed by atoms with Crippen LogP contribution in [0.25, 0.3) is 0 Å². The van der Waals surface area contributed by atoms with Gasteiger partial charge in [-0.15, -0.1) is 0 Å². The van der Waals surface area contributed by atoms with Crippen LogP contribution >= 0.6 is 0 Å². The molecule has 2 N–H and O–H groups in total. The summed E-state index contributed by atoms with van der Waals surface area (Å²) in [7, 11) is 1.54. The van der Waals surface area contributed by atoms with Crippen LogP contribution < -0.4 is 10.1 Å². The summed E-state index contributed by atoms with van der Waals surface area (Å²) in [6.07, 6.45) is 15.0. The van der Waals surface area contributed by atoms with E-state index >= 15 is 0 Å². The highest BCUT2D eigenvalue weighted by atomic mass is 16.5. The second-order valence-corrected chi connectivity index (χ2v) is 8.14. The molecule has 2 aliphatic rings. The maximum Gasteiger partial charge on any atom is 0.315 e. The maximum atomic E-state index is 10.4. The number of aromatic nitrogens is 3. The van der Waals surface area contributed by atoms with Crippen LogP contribution in [-0.2, 0) is 17.6 Å². The summed E-state index contributed by atoms with van der Waals surface area (Å²) < 4.78 is 4.69. The number of carboxylic acids is 1. The van der Waals surface area contributed by atoms with Gasteiger partial charge in [-0.25, -0.2) is 15.0 Å². The molecule has 3 heterocycles. The highest BCUT2D eigenvalue weighted by Gasteiger charge is 2.47. The molecule has 7 heteroatoms. The van der Waals surface area contributed by atoms with Gasteiger partial charge in [-0.3, -0.25) is 4.79 Å². The number of hydrogen-bond donors (Lipinski definition) is 2. The number of aliphatic carboxylic acids is 1. The lowest BCUT2D eigenvalue weighted by atomic mass is 10.1. The molecule has 30 heavy (non-hydrogen) atoms. The number of anilines is 1. The lowest BCUT2D eigenvalue weighted by Gasteiger charge is -2.06. The molecule has 0 unspecified atom stereocenters. The van der Waals surface area contributed by atoms with Crippen molar-refractivity contribution in [2.75, 3.05) is 12.4 Å². The predicted molar refractivity (Wildman–Crippen MR) is 116 cm³/mol. The van der Waals surface area contributed by atoms with E-state index < -0.39 is 5.97 Å². The average molecular weight is 413 g/mol. The van der Waals surface area contributed by atoms with Crippen molar-refractivity contribution in [2.45, 2.75) is 76.2 Å². The minimum absolute atomic E-state index is 0.313. The summed E-state index contributed by atoms with van der Waals surface area (Å²) in [5.74, 6) is 0.452. The molecule has 2 aromatic heterocycles. The fraction of sp³-hybridized carbons (Fsp3) is 0.565. The van der Waals surface area contributed by atoms with E-state index in [2.05, 4.69) is 27.4 Å². The van der Waals surface area contributed by atoms with Crippen molar-refractivity contribution in [1.82, 2.24) is 15.0 Å². The van der Waals surface area contributed by atoms with Crippen molar-refractivity contribution < 1.29 is 14.6 Å². The second kappa shape index (κ2) is 10.9. The Bertz CT molecular complexity index is 809. The van der Waals surface area contributed by atoms with Crippen molar-refractivity contribution in [3.05, 3.63) is 41.9 Å². The number of ether oxygens (including phenoxy) is 1. The monoisotopic (exact) mass is 412 g/mol. The maximum absolute atomic E-state index is 10.4. The van der Waals surface area contributed by atoms with Gasteiger partial charge in [-0.2, -0.15) is 0 Å². The third-order valence-corrected chi connectivity index (χ3v) is 5.60. The molecule has 4 rings (SSSR count). The number of unbranched alkanes of at least 4 members (excludes halogenated alkanes) is 5. The number of rotatable bonds is 10. The minimum Gasteiger partial charge on any atom is -0.481 e. The van der Waals surface area contributed by atoms with Gasteiger partial charge < -0.3 is 15.2 Å². The Kier molecular flexibility index (Phi) is 7.99. The number of methoxy groups -OCH3 is 1. The SMILES string of the molecule is COc1ncccn1.O=C(O)CCCCCCCCc1ccc2c(n1)NC1(CC1)C2. The summed E-state index contributed by atoms with van der Waals surface area (Å²) in [4.78, 5) is 22.7. The van der Waals surface area contributed by atoms with E-state index in [0.29, 0.717) is 18.0 Å². The van der Waals surface area contributed by atoms with Crippen molar-refractivity contribution in [3.8, 4) is 6.01 Å². The fourth-order valence-corrected chi connectivity index (χ4v) is 3.71. The molecule has 0 bridgehead atoms. The van der Waals surface area contributed by atoms with Crippen LogP contribution in [0.1, 0.15) is 69.0 Å². The van der Waals surface area contributed by atoms with E-state index in [9.17, 15) is 4.79 Å². The quantitative estimate of drug-likeness (QED) is 0.557. The van der Waals surface area contributed by atoms with Crippen LogP contribution in [0, 0.1) is 0 Å². The zero-order chi connectivity index (χ0) is 21.2.